The number of rotatable bonds is 4. The van der Waals surface area contributed by atoms with Crippen molar-refractivity contribution in [2.45, 2.75) is 58.5 Å². The van der Waals surface area contributed by atoms with Crippen molar-refractivity contribution in [3.05, 3.63) is 59.2 Å². The summed E-state index contributed by atoms with van der Waals surface area (Å²) in [7, 11) is 1.61. The number of benzene rings is 1. The van der Waals surface area contributed by atoms with E-state index in [2.05, 4.69) is 13.8 Å². The number of hydrogen-bond donors (Lipinski definition) is 3. The van der Waals surface area contributed by atoms with E-state index >= 15 is 0 Å². The van der Waals surface area contributed by atoms with Gasteiger partial charge in [-0.1, -0.05) is 63.3 Å². The maximum atomic E-state index is 14.4. The molecule has 4 aliphatic carbocycles. The Bertz CT molecular complexity index is 1140. The summed E-state index contributed by atoms with van der Waals surface area (Å²) in [6.45, 7) is 7.80. The van der Waals surface area contributed by atoms with Crippen LogP contribution >= 0.6 is 0 Å². The van der Waals surface area contributed by atoms with Crippen LogP contribution in [-0.4, -0.2) is 63.6 Å². The average Bonchev–Trinajstić information content (AvgIpc) is 3.33. The van der Waals surface area contributed by atoms with Crippen molar-refractivity contribution >= 4 is 11.9 Å². The molecule has 7 nitrogen and oxygen atoms in total. The molecule has 1 spiro atoms. The smallest absolute Gasteiger partial charge is 0.410 e. The Morgan fingerprint density at radius 1 is 1.22 bits per heavy atom. The molecule has 4 aliphatic rings. The second kappa shape index (κ2) is 8.27. The number of allylic oxidation sites excluding steroid dienone is 1. The number of ketones is 1. The van der Waals surface area contributed by atoms with E-state index in [1.54, 1.807) is 26.1 Å². The molecule has 5 rings (SSSR count). The maximum absolute atomic E-state index is 14.4. The lowest BCUT2D eigenvalue weighted by Gasteiger charge is -2.48. The second-order valence-electron chi connectivity index (χ2n) is 12.0. The third-order valence-electron chi connectivity index (χ3n) is 9.69. The fourth-order valence-electron chi connectivity index (χ4n) is 7.71. The summed E-state index contributed by atoms with van der Waals surface area (Å²) < 4.78 is 5.90. The molecule has 1 aromatic rings. The van der Waals surface area contributed by atoms with Crippen LogP contribution in [0.4, 0.5) is 4.79 Å². The van der Waals surface area contributed by atoms with Gasteiger partial charge in [-0.3, -0.25) is 4.79 Å². The molecule has 2 saturated carbocycles. The van der Waals surface area contributed by atoms with Gasteiger partial charge in [0, 0.05) is 19.5 Å². The molecule has 2 bridgehead atoms. The number of ether oxygens (including phenoxy) is 1. The number of aliphatic hydroxyl groups excluding tert-OH is 2. The Morgan fingerprint density at radius 2 is 1.89 bits per heavy atom. The molecule has 2 unspecified atom stereocenters. The average molecular weight is 496 g/mol. The highest BCUT2D eigenvalue weighted by molar-refractivity contribution is 5.95. The second-order valence-corrected chi connectivity index (χ2v) is 12.0. The first-order valence-electron chi connectivity index (χ1n) is 12.8. The first-order chi connectivity index (χ1) is 16.9. The van der Waals surface area contributed by atoms with Gasteiger partial charge in [0.25, 0.3) is 0 Å². The number of Topliss-reactive ketones (excluding diaryl/α,β-unsaturated/α-hetero) is 1. The predicted octanol–water partition coefficient (Wildman–Crippen LogP) is 3.09. The van der Waals surface area contributed by atoms with E-state index in [0.29, 0.717) is 18.0 Å². The van der Waals surface area contributed by atoms with Gasteiger partial charge in [0.05, 0.1) is 12.0 Å². The first kappa shape index (κ1) is 25.2. The van der Waals surface area contributed by atoms with Gasteiger partial charge in [-0.05, 0) is 53.2 Å². The van der Waals surface area contributed by atoms with Crippen LogP contribution < -0.4 is 0 Å². The lowest BCUT2D eigenvalue weighted by atomic mass is 9.59. The van der Waals surface area contributed by atoms with E-state index < -0.39 is 41.8 Å². The Labute approximate surface area is 212 Å². The lowest BCUT2D eigenvalue weighted by Crippen LogP contribution is -2.66. The van der Waals surface area contributed by atoms with Crippen LogP contribution in [0.15, 0.2) is 53.6 Å². The number of carbonyl (C=O) groups is 2. The van der Waals surface area contributed by atoms with Crippen molar-refractivity contribution in [2.75, 3.05) is 13.7 Å². The molecule has 8 atom stereocenters. The highest BCUT2D eigenvalue weighted by Crippen LogP contribution is 2.71. The molecular formula is C29H37NO6. The van der Waals surface area contributed by atoms with Gasteiger partial charge in [-0.2, -0.15) is 0 Å². The molecule has 194 valence electrons. The Hall–Kier alpha value is -2.48. The SMILES string of the molecule is CC1=CC23C(=O)[C@@H](C=C(CO)[C@@H](O)[C@]2(O)[C@H]1OC(=O)N(C)Cc1ccccc1)[C@@H]1[C@@H](CC3C)C1(C)C. The van der Waals surface area contributed by atoms with Crippen molar-refractivity contribution in [3.63, 3.8) is 0 Å². The van der Waals surface area contributed by atoms with Crippen LogP contribution in [0.1, 0.15) is 39.7 Å². The zero-order valence-electron chi connectivity index (χ0n) is 21.6. The zero-order chi connectivity index (χ0) is 26.2. The van der Waals surface area contributed by atoms with Crippen LogP contribution in [0.2, 0.25) is 0 Å². The van der Waals surface area contributed by atoms with E-state index in [1.165, 1.54) is 4.90 Å². The fourth-order valence-corrected chi connectivity index (χ4v) is 7.71. The van der Waals surface area contributed by atoms with E-state index in [1.807, 2.05) is 37.3 Å². The summed E-state index contributed by atoms with van der Waals surface area (Å²) in [5, 5.41) is 34.2. The van der Waals surface area contributed by atoms with Gasteiger partial charge in [0.2, 0.25) is 0 Å². The number of carbonyl (C=O) groups excluding carboxylic acids is 2. The van der Waals surface area contributed by atoms with Gasteiger partial charge in [0.1, 0.15) is 6.10 Å². The van der Waals surface area contributed by atoms with E-state index in [0.717, 1.165) is 12.0 Å². The van der Waals surface area contributed by atoms with Gasteiger partial charge in [-0.15, -0.1) is 0 Å². The van der Waals surface area contributed by atoms with Crippen molar-refractivity contribution < 1.29 is 29.6 Å². The number of nitrogens with zero attached hydrogens (tertiary/aromatic N) is 1. The molecule has 3 N–H and O–H groups in total. The first-order valence-corrected chi connectivity index (χ1v) is 12.8. The van der Waals surface area contributed by atoms with Crippen LogP contribution in [0.25, 0.3) is 0 Å². The zero-order valence-corrected chi connectivity index (χ0v) is 21.6. The largest absolute Gasteiger partial charge is 0.438 e. The summed E-state index contributed by atoms with van der Waals surface area (Å²) in [6.07, 6.45) is 0.678. The van der Waals surface area contributed by atoms with Crippen molar-refractivity contribution in [2.24, 2.45) is 34.5 Å². The summed E-state index contributed by atoms with van der Waals surface area (Å²) in [6, 6.07) is 9.47. The highest BCUT2D eigenvalue weighted by Gasteiger charge is 2.76. The third kappa shape index (κ3) is 3.22. The van der Waals surface area contributed by atoms with Gasteiger partial charge < -0.3 is 25.0 Å². The number of amides is 1. The molecular weight excluding hydrogens is 458 g/mol. The number of fused-ring (bicyclic) bond motifs is 3. The molecule has 0 aliphatic heterocycles. The molecule has 36 heavy (non-hydrogen) atoms. The minimum Gasteiger partial charge on any atom is -0.438 e. The van der Waals surface area contributed by atoms with Crippen LogP contribution in [-0.2, 0) is 16.1 Å². The summed E-state index contributed by atoms with van der Waals surface area (Å²) in [4.78, 5) is 29.0. The molecule has 0 heterocycles. The van der Waals surface area contributed by atoms with E-state index in [-0.39, 0.29) is 28.6 Å². The minimum atomic E-state index is -2.12. The molecule has 0 aromatic heterocycles. The van der Waals surface area contributed by atoms with Crippen molar-refractivity contribution in [1.82, 2.24) is 4.90 Å². The molecule has 0 saturated heterocycles. The van der Waals surface area contributed by atoms with E-state index in [9.17, 15) is 24.9 Å². The number of aliphatic hydroxyl groups is 3. The van der Waals surface area contributed by atoms with Crippen LogP contribution in [0.3, 0.4) is 0 Å². The molecule has 1 amide bonds. The summed E-state index contributed by atoms with van der Waals surface area (Å²) in [5.41, 5.74) is -1.93. The van der Waals surface area contributed by atoms with Gasteiger partial charge in [-0.25, -0.2) is 4.79 Å². The highest BCUT2D eigenvalue weighted by atomic mass is 16.6. The normalized spacial score (nSPS) is 40.2. The molecule has 2 fully saturated rings. The van der Waals surface area contributed by atoms with Crippen molar-refractivity contribution in [1.29, 1.82) is 0 Å². The lowest BCUT2D eigenvalue weighted by molar-refractivity contribution is -0.191. The fraction of sp³-hybridized carbons (Fsp3) is 0.586. The Balaban J connectivity index is 1.54. The molecule has 1 aromatic carbocycles. The maximum Gasteiger partial charge on any atom is 0.410 e. The summed E-state index contributed by atoms with van der Waals surface area (Å²) in [5.74, 6) is -0.608. The number of hydrogen-bond acceptors (Lipinski definition) is 6. The summed E-state index contributed by atoms with van der Waals surface area (Å²) >= 11 is 0. The van der Waals surface area contributed by atoms with Gasteiger partial charge >= 0.3 is 6.09 Å². The Kier molecular flexibility index (Phi) is 5.78. The quantitative estimate of drug-likeness (QED) is 0.554. The van der Waals surface area contributed by atoms with Crippen molar-refractivity contribution in [3.8, 4) is 0 Å². The standard InChI is InChI=1S/C29H37NO6/c1-16-13-28-17(2)11-21-22(27(21,3)4)20(24(28)33)12-19(15-31)23(32)29(28,35)25(16)36-26(34)30(5)14-18-9-7-6-8-10-18/h6-10,12-13,17,20-23,25,31-32,35H,11,14-15H2,1-5H3/t17?,20-,21+,22+,23+,25-,28?,29-/m0/s1. The van der Waals surface area contributed by atoms with Crippen LogP contribution in [0, 0.1) is 34.5 Å². The van der Waals surface area contributed by atoms with Gasteiger partial charge in [0.15, 0.2) is 17.5 Å². The molecule has 7 heteroatoms. The molecule has 0 radical (unpaired) electrons. The topological polar surface area (TPSA) is 107 Å². The Morgan fingerprint density at radius 3 is 2.53 bits per heavy atom. The predicted molar refractivity (Wildman–Crippen MR) is 134 cm³/mol. The monoisotopic (exact) mass is 495 g/mol. The minimum absolute atomic E-state index is 0.0376. The van der Waals surface area contributed by atoms with E-state index in [4.69, 9.17) is 4.74 Å². The third-order valence-corrected chi connectivity index (χ3v) is 9.69. The van der Waals surface area contributed by atoms with Crippen LogP contribution in [0.5, 0.6) is 0 Å².